The first-order valence-electron chi connectivity index (χ1n) is 6.39. The van der Waals surface area contributed by atoms with E-state index < -0.39 is 0 Å². The van der Waals surface area contributed by atoms with Gasteiger partial charge in [-0.1, -0.05) is 6.42 Å². The van der Waals surface area contributed by atoms with Crippen LogP contribution in [0, 0.1) is 0 Å². The summed E-state index contributed by atoms with van der Waals surface area (Å²) in [6, 6.07) is 0.773. The third kappa shape index (κ3) is 3.33. The molecule has 1 aliphatic heterocycles. The Hall–Kier alpha value is 0.170. The average Bonchev–Trinajstić information content (AvgIpc) is 2.15. The van der Waals surface area contributed by atoms with Crippen LogP contribution in [0.25, 0.3) is 0 Å². The van der Waals surface area contributed by atoms with Gasteiger partial charge < -0.3 is 9.64 Å². The summed E-state index contributed by atoms with van der Waals surface area (Å²) in [5, 5.41) is 0. The number of morpholine rings is 1. The molecule has 94 valence electrons. The molecule has 0 N–H and O–H groups in total. The monoisotopic (exact) mass is 246 g/mol. The normalized spacial score (nSPS) is 28.3. The van der Waals surface area contributed by atoms with E-state index in [0.29, 0.717) is 6.10 Å². The number of ether oxygens (including phenoxy) is 1. The Balaban J connectivity index is 1.79. The van der Waals surface area contributed by atoms with Gasteiger partial charge in [0, 0.05) is 38.1 Å². The van der Waals surface area contributed by atoms with Gasteiger partial charge in [0.1, 0.15) is 0 Å². The minimum Gasteiger partial charge on any atom is -0.374 e. The Morgan fingerprint density at radius 3 is 2.81 bits per heavy atom. The first-order chi connectivity index (χ1) is 7.79. The number of hydrogen-bond acceptors (Lipinski definition) is 3. The number of likely N-dealkylation sites (N-methyl/N-ethyl adjacent to an activating group) is 1. The molecule has 0 spiro atoms. The maximum absolute atomic E-state index is 5.87. The van der Waals surface area contributed by atoms with Crippen molar-refractivity contribution in [3.8, 4) is 0 Å². The van der Waals surface area contributed by atoms with Gasteiger partial charge in [-0.25, -0.2) is 0 Å². The molecule has 0 aromatic carbocycles. The van der Waals surface area contributed by atoms with Crippen molar-refractivity contribution in [3.63, 3.8) is 0 Å². The van der Waals surface area contributed by atoms with E-state index in [0.717, 1.165) is 44.7 Å². The Morgan fingerprint density at radius 2 is 2.25 bits per heavy atom. The molecule has 2 fully saturated rings. The fraction of sp³-hybridized carbons (Fsp3) is 1.00. The summed E-state index contributed by atoms with van der Waals surface area (Å²) in [7, 11) is 2.17. The number of rotatable bonds is 5. The summed E-state index contributed by atoms with van der Waals surface area (Å²) in [5.41, 5.74) is 0. The molecule has 16 heavy (non-hydrogen) atoms. The highest BCUT2D eigenvalue weighted by atomic mass is 35.5. The summed E-state index contributed by atoms with van der Waals surface area (Å²) in [6.07, 6.45) is 4.45. The summed E-state index contributed by atoms with van der Waals surface area (Å²) in [4.78, 5) is 4.88. The molecule has 3 nitrogen and oxygen atoms in total. The smallest absolute Gasteiger partial charge is 0.0829 e. The van der Waals surface area contributed by atoms with Gasteiger partial charge >= 0.3 is 0 Å². The Kier molecular flexibility index (Phi) is 4.89. The van der Waals surface area contributed by atoms with Crippen LogP contribution in [0.2, 0.25) is 0 Å². The molecule has 0 amide bonds. The summed E-state index contributed by atoms with van der Waals surface area (Å²) in [5.74, 6) is 0.735. The van der Waals surface area contributed by atoms with E-state index in [4.69, 9.17) is 16.3 Å². The largest absolute Gasteiger partial charge is 0.374 e. The second-order valence-corrected chi connectivity index (χ2v) is 5.40. The van der Waals surface area contributed by atoms with Crippen LogP contribution in [0.1, 0.15) is 19.3 Å². The van der Waals surface area contributed by atoms with E-state index >= 15 is 0 Å². The van der Waals surface area contributed by atoms with Gasteiger partial charge in [-0.05, 0) is 19.9 Å². The van der Waals surface area contributed by atoms with Crippen LogP contribution in [0.3, 0.4) is 0 Å². The maximum Gasteiger partial charge on any atom is 0.0829 e. The van der Waals surface area contributed by atoms with Crippen LogP contribution in [-0.2, 0) is 4.74 Å². The Labute approximate surface area is 104 Å². The van der Waals surface area contributed by atoms with Crippen molar-refractivity contribution < 1.29 is 4.74 Å². The number of alkyl halides is 1. The lowest BCUT2D eigenvalue weighted by Crippen LogP contribution is -2.50. The lowest BCUT2D eigenvalue weighted by Gasteiger charge is -2.40. The lowest BCUT2D eigenvalue weighted by atomic mass is 9.91. The highest BCUT2D eigenvalue weighted by Crippen LogP contribution is 2.25. The van der Waals surface area contributed by atoms with Gasteiger partial charge in [0.2, 0.25) is 0 Å². The van der Waals surface area contributed by atoms with E-state index in [9.17, 15) is 0 Å². The zero-order valence-electron chi connectivity index (χ0n) is 10.2. The molecule has 2 aliphatic rings. The molecule has 0 aromatic heterocycles. The standard InChI is InChI=1S/C12H23ClN2O/c1-14-7-8-16-12(9-14)10-15(6-5-13)11-3-2-4-11/h11-12H,2-10H2,1H3. The molecular weight excluding hydrogens is 224 g/mol. The molecule has 0 radical (unpaired) electrons. The molecule has 1 saturated carbocycles. The summed E-state index contributed by atoms with van der Waals surface area (Å²) >= 11 is 5.87. The first-order valence-corrected chi connectivity index (χ1v) is 6.93. The zero-order valence-corrected chi connectivity index (χ0v) is 11.0. The predicted octanol–water partition coefficient (Wildman–Crippen LogP) is 1.41. The topological polar surface area (TPSA) is 15.7 Å². The highest BCUT2D eigenvalue weighted by molar-refractivity contribution is 6.18. The van der Waals surface area contributed by atoms with Crippen LogP contribution in [-0.4, -0.2) is 67.7 Å². The van der Waals surface area contributed by atoms with Crippen LogP contribution < -0.4 is 0 Å². The van der Waals surface area contributed by atoms with Gasteiger partial charge in [0.05, 0.1) is 12.7 Å². The highest BCUT2D eigenvalue weighted by Gasteiger charge is 2.28. The fourth-order valence-electron chi connectivity index (χ4n) is 2.52. The van der Waals surface area contributed by atoms with Gasteiger partial charge in [0.25, 0.3) is 0 Å². The molecule has 1 aliphatic carbocycles. The van der Waals surface area contributed by atoms with E-state index in [1.54, 1.807) is 0 Å². The molecule has 1 unspecified atom stereocenters. The second kappa shape index (κ2) is 6.20. The van der Waals surface area contributed by atoms with Gasteiger partial charge in [-0.15, -0.1) is 11.6 Å². The Bertz CT molecular complexity index is 211. The Morgan fingerprint density at radius 1 is 1.44 bits per heavy atom. The SMILES string of the molecule is CN1CCOC(CN(CCCl)C2CCC2)C1. The molecular formula is C12H23ClN2O. The number of nitrogens with zero attached hydrogens (tertiary/aromatic N) is 2. The van der Waals surface area contributed by atoms with E-state index in [1.807, 2.05) is 0 Å². The second-order valence-electron chi connectivity index (χ2n) is 5.02. The molecule has 0 bridgehead atoms. The molecule has 2 rings (SSSR count). The fourth-order valence-corrected chi connectivity index (χ4v) is 2.74. The van der Waals surface area contributed by atoms with Crippen LogP contribution in [0.4, 0.5) is 0 Å². The third-order valence-corrected chi connectivity index (χ3v) is 3.91. The van der Waals surface area contributed by atoms with Crippen molar-refractivity contribution in [2.24, 2.45) is 0 Å². The van der Waals surface area contributed by atoms with Crippen LogP contribution >= 0.6 is 11.6 Å². The van der Waals surface area contributed by atoms with Crippen LogP contribution in [0.5, 0.6) is 0 Å². The lowest BCUT2D eigenvalue weighted by molar-refractivity contribution is -0.0456. The van der Waals surface area contributed by atoms with Gasteiger partial charge in [-0.2, -0.15) is 0 Å². The van der Waals surface area contributed by atoms with Crippen molar-refractivity contribution in [2.45, 2.75) is 31.4 Å². The maximum atomic E-state index is 5.87. The van der Waals surface area contributed by atoms with E-state index in [-0.39, 0.29) is 0 Å². The summed E-state index contributed by atoms with van der Waals surface area (Å²) < 4.78 is 5.82. The minimum absolute atomic E-state index is 0.377. The van der Waals surface area contributed by atoms with Crippen molar-refractivity contribution in [1.82, 2.24) is 9.80 Å². The van der Waals surface area contributed by atoms with Gasteiger partial charge in [-0.3, -0.25) is 4.90 Å². The van der Waals surface area contributed by atoms with Crippen molar-refractivity contribution in [3.05, 3.63) is 0 Å². The number of hydrogen-bond donors (Lipinski definition) is 0. The summed E-state index contributed by atoms with van der Waals surface area (Å²) in [6.45, 7) is 5.07. The van der Waals surface area contributed by atoms with E-state index in [2.05, 4.69) is 16.8 Å². The van der Waals surface area contributed by atoms with Crippen molar-refractivity contribution in [2.75, 3.05) is 45.7 Å². The predicted molar refractivity (Wildman–Crippen MR) is 67.2 cm³/mol. The molecule has 1 atom stereocenters. The van der Waals surface area contributed by atoms with Crippen molar-refractivity contribution in [1.29, 1.82) is 0 Å². The zero-order chi connectivity index (χ0) is 11.4. The van der Waals surface area contributed by atoms with Crippen LogP contribution in [0.15, 0.2) is 0 Å². The van der Waals surface area contributed by atoms with E-state index in [1.165, 1.54) is 19.3 Å². The number of halogens is 1. The minimum atomic E-state index is 0.377. The molecule has 4 heteroatoms. The van der Waals surface area contributed by atoms with Crippen molar-refractivity contribution >= 4 is 11.6 Å². The molecule has 1 saturated heterocycles. The first kappa shape index (κ1) is 12.6. The van der Waals surface area contributed by atoms with Gasteiger partial charge in [0.15, 0.2) is 0 Å². The quantitative estimate of drug-likeness (QED) is 0.683. The molecule has 0 aromatic rings. The molecule has 1 heterocycles. The average molecular weight is 247 g/mol. The third-order valence-electron chi connectivity index (χ3n) is 3.74.